The SMILES string of the molecule is CC1CN(C(=O)c2n[nH]c(C3CC3)n2)CCCO1. The van der Waals surface area contributed by atoms with Gasteiger partial charge in [-0.05, 0) is 26.2 Å². The van der Waals surface area contributed by atoms with Crippen LogP contribution in [0.2, 0.25) is 0 Å². The van der Waals surface area contributed by atoms with Crippen LogP contribution in [0.4, 0.5) is 0 Å². The maximum absolute atomic E-state index is 12.3. The van der Waals surface area contributed by atoms with Crippen LogP contribution in [-0.2, 0) is 4.74 Å². The van der Waals surface area contributed by atoms with Crippen LogP contribution < -0.4 is 0 Å². The molecule has 0 aromatic carbocycles. The number of hydrogen-bond donors (Lipinski definition) is 1. The Morgan fingerprint density at radius 1 is 1.50 bits per heavy atom. The van der Waals surface area contributed by atoms with Gasteiger partial charge in [0.1, 0.15) is 5.82 Å². The summed E-state index contributed by atoms with van der Waals surface area (Å²) >= 11 is 0. The van der Waals surface area contributed by atoms with E-state index in [1.54, 1.807) is 4.90 Å². The zero-order valence-corrected chi connectivity index (χ0v) is 10.6. The summed E-state index contributed by atoms with van der Waals surface area (Å²) in [5.41, 5.74) is 0. The molecule has 2 heterocycles. The Balaban J connectivity index is 1.71. The summed E-state index contributed by atoms with van der Waals surface area (Å²) in [4.78, 5) is 18.4. The Morgan fingerprint density at radius 3 is 3.11 bits per heavy atom. The van der Waals surface area contributed by atoms with Gasteiger partial charge in [-0.2, -0.15) is 0 Å². The van der Waals surface area contributed by atoms with Crippen molar-refractivity contribution >= 4 is 5.91 Å². The van der Waals surface area contributed by atoms with Crippen LogP contribution in [-0.4, -0.2) is 51.8 Å². The first-order valence-electron chi connectivity index (χ1n) is 6.57. The van der Waals surface area contributed by atoms with Gasteiger partial charge in [-0.1, -0.05) is 0 Å². The Kier molecular flexibility index (Phi) is 3.03. The highest BCUT2D eigenvalue weighted by Crippen LogP contribution is 2.37. The largest absolute Gasteiger partial charge is 0.377 e. The summed E-state index contributed by atoms with van der Waals surface area (Å²) in [5.74, 6) is 1.56. The first kappa shape index (κ1) is 11.6. The lowest BCUT2D eigenvalue weighted by Crippen LogP contribution is -2.36. The molecule has 0 spiro atoms. The fraction of sp³-hybridized carbons (Fsp3) is 0.750. The number of H-pyrrole nitrogens is 1. The van der Waals surface area contributed by atoms with Crippen LogP contribution in [0.15, 0.2) is 0 Å². The summed E-state index contributed by atoms with van der Waals surface area (Å²) in [7, 11) is 0. The van der Waals surface area contributed by atoms with Crippen LogP contribution in [0.25, 0.3) is 0 Å². The topological polar surface area (TPSA) is 71.1 Å². The minimum absolute atomic E-state index is 0.0818. The lowest BCUT2D eigenvalue weighted by atomic mass is 10.3. The summed E-state index contributed by atoms with van der Waals surface area (Å²) in [5, 5.41) is 6.91. The number of nitrogens with one attached hydrogen (secondary N) is 1. The Hall–Kier alpha value is -1.43. The molecule has 1 aliphatic heterocycles. The first-order chi connectivity index (χ1) is 8.74. The maximum Gasteiger partial charge on any atom is 0.293 e. The summed E-state index contributed by atoms with van der Waals surface area (Å²) in [6.45, 7) is 4.04. The van der Waals surface area contributed by atoms with Crippen molar-refractivity contribution < 1.29 is 9.53 Å². The van der Waals surface area contributed by atoms with E-state index in [2.05, 4.69) is 15.2 Å². The molecule has 1 aliphatic carbocycles. The number of carbonyl (C=O) groups is 1. The van der Waals surface area contributed by atoms with Gasteiger partial charge in [-0.3, -0.25) is 9.89 Å². The average molecular weight is 250 g/mol. The van der Waals surface area contributed by atoms with Crippen LogP contribution in [0, 0.1) is 0 Å². The Bertz CT molecular complexity index is 441. The highest BCUT2D eigenvalue weighted by atomic mass is 16.5. The number of carbonyl (C=O) groups excluding carboxylic acids is 1. The van der Waals surface area contributed by atoms with Crippen molar-refractivity contribution in [3.63, 3.8) is 0 Å². The molecule has 1 atom stereocenters. The molecule has 1 unspecified atom stereocenters. The number of amides is 1. The van der Waals surface area contributed by atoms with Gasteiger partial charge in [0, 0.05) is 25.6 Å². The van der Waals surface area contributed by atoms with E-state index in [9.17, 15) is 4.79 Å². The second kappa shape index (κ2) is 4.68. The predicted molar refractivity (Wildman–Crippen MR) is 64.3 cm³/mol. The summed E-state index contributed by atoms with van der Waals surface area (Å²) in [6.07, 6.45) is 3.25. The van der Waals surface area contributed by atoms with Gasteiger partial charge >= 0.3 is 0 Å². The van der Waals surface area contributed by atoms with Crippen molar-refractivity contribution in [2.45, 2.75) is 38.2 Å². The van der Waals surface area contributed by atoms with Crippen LogP contribution in [0.1, 0.15) is 48.5 Å². The Morgan fingerprint density at radius 2 is 2.33 bits per heavy atom. The monoisotopic (exact) mass is 250 g/mol. The van der Waals surface area contributed by atoms with Gasteiger partial charge in [-0.25, -0.2) is 4.98 Å². The maximum atomic E-state index is 12.3. The normalized spacial score (nSPS) is 24.9. The third-order valence-electron chi connectivity index (χ3n) is 3.40. The highest BCUT2D eigenvalue weighted by molar-refractivity contribution is 5.90. The van der Waals surface area contributed by atoms with E-state index in [-0.39, 0.29) is 12.0 Å². The summed E-state index contributed by atoms with van der Waals surface area (Å²) < 4.78 is 5.53. The molecule has 0 radical (unpaired) electrons. The second-order valence-electron chi connectivity index (χ2n) is 5.10. The van der Waals surface area contributed by atoms with E-state index in [0.29, 0.717) is 24.9 Å². The van der Waals surface area contributed by atoms with E-state index in [4.69, 9.17) is 4.74 Å². The molecule has 1 N–H and O–H groups in total. The van der Waals surface area contributed by atoms with Crippen molar-refractivity contribution in [2.24, 2.45) is 0 Å². The molecule has 98 valence electrons. The van der Waals surface area contributed by atoms with E-state index in [1.807, 2.05) is 6.92 Å². The first-order valence-corrected chi connectivity index (χ1v) is 6.57. The van der Waals surface area contributed by atoms with E-state index in [0.717, 1.165) is 31.6 Å². The molecule has 3 rings (SSSR count). The molecular formula is C12H18N4O2. The fourth-order valence-electron chi connectivity index (χ4n) is 2.23. The second-order valence-corrected chi connectivity index (χ2v) is 5.10. The molecule has 1 aromatic heterocycles. The zero-order valence-electron chi connectivity index (χ0n) is 10.6. The zero-order chi connectivity index (χ0) is 12.5. The minimum atomic E-state index is -0.0875. The molecule has 1 saturated carbocycles. The molecule has 1 amide bonds. The average Bonchev–Trinajstić information content (AvgIpc) is 3.13. The van der Waals surface area contributed by atoms with Gasteiger partial charge in [0.25, 0.3) is 5.91 Å². The predicted octanol–water partition coefficient (Wildman–Crippen LogP) is 0.933. The molecule has 6 heteroatoms. The standard InChI is InChI=1S/C12H18N4O2/c1-8-7-16(5-2-6-18-8)12(17)11-13-10(14-15-11)9-3-4-9/h8-9H,2-7H2,1H3,(H,13,14,15). The lowest BCUT2D eigenvalue weighted by Gasteiger charge is -2.20. The van der Waals surface area contributed by atoms with E-state index >= 15 is 0 Å². The van der Waals surface area contributed by atoms with Crippen molar-refractivity contribution in [1.29, 1.82) is 0 Å². The van der Waals surface area contributed by atoms with Gasteiger partial charge in [0.05, 0.1) is 6.10 Å². The van der Waals surface area contributed by atoms with Crippen LogP contribution >= 0.6 is 0 Å². The van der Waals surface area contributed by atoms with Crippen molar-refractivity contribution in [2.75, 3.05) is 19.7 Å². The quantitative estimate of drug-likeness (QED) is 0.847. The van der Waals surface area contributed by atoms with Gasteiger partial charge in [0.15, 0.2) is 0 Å². The molecule has 18 heavy (non-hydrogen) atoms. The summed E-state index contributed by atoms with van der Waals surface area (Å²) in [6, 6.07) is 0. The molecule has 6 nitrogen and oxygen atoms in total. The molecular weight excluding hydrogens is 232 g/mol. The number of aromatic amines is 1. The smallest absolute Gasteiger partial charge is 0.293 e. The lowest BCUT2D eigenvalue weighted by molar-refractivity contribution is 0.0556. The van der Waals surface area contributed by atoms with Gasteiger partial charge in [0.2, 0.25) is 5.82 Å². The molecule has 2 fully saturated rings. The number of ether oxygens (including phenoxy) is 1. The number of rotatable bonds is 2. The molecule has 0 bridgehead atoms. The van der Waals surface area contributed by atoms with Crippen molar-refractivity contribution in [3.05, 3.63) is 11.6 Å². The van der Waals surface area contributed by atoms with Crippen LogP contribution in [0.3, 0.4) is 0 Å². The van der Waals surface area contributed by atoms with E-state index in [1.165, 1.54) is 0 Å². The fourth-order valence-corrected chi connectivity index (χ4v) is 2.23. The van der Waals surface area contributed by atoms with Crippen molar-refractivity contribution in [1.82, 2.24) is 20.1 Å². The highest BCUT2D eigenvalue weighted by Gasteiger charge is 2.30. The minimum Gasteiger partial charge on any atom is -0.377 e. The molecule has 2 aliphatic rings. The van der Waals surface area contributed by atoms with Gasteiger partial charge in [-0.15, -0.1) is 5.10 Å². The van der Waals surface area contributed by atoms with Gasteiger partial charge < -0.3 is 9.64 Å². The number of nitrogens with zero attached hydrogens (tertiary/aromatic N) is 3. The molecule has 1 aromatic rings. The van der Waals surface area contributed by atoms with Crippen LogP contribution in [0.5, 0.6) is 0 Å². The molecule has 1 saturated heterocycles. The number of hydrogen-bond acceptors (Lipinski definition) is 4. The van der Waals surface area contributed by atoms with E-state index < -0.39 is 0 Å². The third-order valence-corrected chi connectivity index (χ3v) is 3.40. The Labute approximate surface area is 106 Å². The third kappa shape index (κ3) is 2.38. The van der Waals surface area contributed by atoms with Crippen molar-refractivity contribution in [3.8, 4) is 0 Å². The number of aromatic nitrogens is 3.